The molecule has 0 radical (unpaired) electrons. The third kappa shape index (κ3) is 2.99. The summed E-state index contributed by atoms with van der Waals surface area (Å²) in [5.41, 5.74) is 3.85. The van der Waals surface area contributed by atoms with Crippen molar-refractivity contribution in [3.05, 3.63) is 64.5 Å². The molecule has 0 bridgehead atoms. The summed E-state index contributed by atoms with van der Waals surface area (Å²) in [6, 6.07) is 10.2. The Kier molecular flexibility index (Phi) is 3.65. The van der Waals surface area contributed by atoms with Crippen LogP contribution in [0.1, 0.15) is 27.0 Å². The van der Waals surface area contributed by atoms with Gasteiger partial charge in [-0.1, -0.05) is 17.7 Å². The average Bonchev–Trinajstić information content (AvgIpc) is 2.36. The van der Waals surface area contributed by atoms with Gasteiger partial charge in [0.05, 0.1) is 0 Å². The maximum atomic E-state index is 13.2. The molecule has 2 rings (SSSR count). The number of benzene rings is 2. The molecule has 0 atom stereocenters. The smallest absolute Gasteiger partial charge is 0.255 e. The van der Waals surface area contributed by atoms with Crippen LogP contribution in [0.15, 0.2) is 36.4 Å². The van der Waals surface area contributed by atoms with Gasteiger partial charge in [0, 0.05) is 11.3 Å². The number of carbonyl (C=O) groups is 1. The van der Waals surface area contributed by atoms with Crippen LogP contribution in [-0.4, -0.2) is 5.91 Å². The highest BCUT2D eigenvalue weighted by Crippen LogP contribution is 2.18. The van der Waals surface area contributed by atoms with Crippen molar-refractivity contribution in [2.75, 3.05) is 5.32 Å². The molecule has 0 fully saturated rings. The molecule has 0 saturated heterocycles. The lowest BCUT2D eigenvalue weighted by atomic mass is 10.1. The van der Waals surface area contributed by atoms with E-state index in [9.17, 15) is 9.18 Å². The number of aryl methyl sites for hydroxylation is 3. The van der Waals surface area contributed by atoms with Crippen LogP contribution in [0.3, 0.4) is 0 Å². The highest BCUT2D eigenvalue weighted by atomic mass is 19.1. The molecule has 2 aromatic carbocycles. The average molecular weight is 257 g/mol. The fourth-order valence-corrected chi connectivity index (χ4v) is 1.93. The lowest BCUT2D eigenvalue weighted by Gasteiger charge is -2.09. The Morgan fingerprint density at radius 1 is 1.00 bits per heavy atom. The zero-order valence-electron chi connectivity index (χ0n) is 11.3. The number of halogens is 1. The van der Waals surface area contributed by atoms with Crippen LogP contribution < -0.4 is 5.32 Å². The quantitative estimate of drug-likeness (QED) is 0.865. The Balaban J connectivity index is 2.23. The van der Waals surface area contributed by atoms with Crippen molar-refractivity contribution in [3.63, 3.8) is 0 Å². The number of anilines is 1. The van der Waals surface area contributed by atoms with E-state index in [1.165, 1.54) is 12.1 Å². The Morgan fingerprint density at radius 2 is 1.74 bits per heavy atom. The van der Waals surface area contributed by atoms with E-state index in [1.807, 2.05) is 32.0 Å². The summed E-state index contributed by atoms with van der Waals surface area (Å²) in [7, 11) is 0. The third-order valence-corrected chi connectivity index (χ3v) is 3.05. The molecule has 0 aromatic heterocycles. The predicted octanol–water partition coefficient (Wildman–Crippen LogP) is 4.00. The summed E-state index contributed by atoms with van der Waals surface area (Å²) < 4.78 is 13.2. The van der Waals surface area contributed by atoms with Crippen LogP contribution in [0.5, 0.6) is 0 Å². The molecule has 2 nitrogen and oxygen atoms in total. The molecular weight excluding hydrogens is 241 g/mol. The van der Waals surface area contributed by atoms with Crippen LogP contribution in [0.25, 0.3) is 0 Å². The molecule has 2 aromatic rings. The van der Waals surface area contributed by atoms with Gasteiger partial charge in [-0.05, 0) is 56.2 Å². The van der Waals surface area contributed by atoms with Gasteiger partial charge in [-0.2, -0.15) is 0 Å². The molecule has 0 saturated carbocycles. The third-order valence-electron chi connectivity index (χ3n) is 3.05. The Bertz CT molecular complexity index is 635. The van der Waals surface area contributed by atoms with Crippen molar-refractivity contribution < 1.29 is 9.18 Å². The zero-order valence-corrected chi connectivity index (χ0v) is 11.3. The number of hydrogen-bond acceptors (Lipinski definition) is 1. The second-order valence-corrected chi connectivity index (χ2v) is 4.74. The number of rotatable bonds is 2. The van der Waals surface area contributed by atoms with Crippen LogP contribution in [0.4, 0.5) is 10.1 Å². The van der Waals surface area contributed by atoms with Gasteiger partial charge in [-0.3, -0.25) is 4.79 Å². The predicted molar refractivity (Wildman–Crippen MR) is 75.0 cm³/mol. The molecule has 0 spiro atoms. The summed E-state index contributed by atoms with van der Waals surface area (Å²) in [5, 5.41) is 2.84. The molecule has 0 unspecified atom stereocenters. The van der Waals surface area contributed by atoms with Crippen LogP contribution in [0.2, 0.25) is 0 Å². The molecule has 1 amide bonds. The Morgan fingerprint density at radius 3 is 2.37 bits per heavy atom. The van der Waals surface area contributed by atoms with Crippen molar-refractivity contribution in [1.29, 1.82) is 0 Å². The lowest BCUT2D eigenvalue weighted by Crippen LogP contribution is -2.13. The molecule has 0 aliphatic carbocycles. The lowest BCUT2D eigenvalue weighted by molar-refractivity contribution is 0.102. The second kappa shape index (κ2) is 5.22. The van der Waals surface area contributed by atoms with Crippen LogP contribution in [0, 0.1) is 26.6 Å². The molecule has 0 heterocycles. The zero-order chi connectivity index (χ0) is 14.0. The van der Waals surface area contributed by atoms with Gasteiger partial charge in [0.25, 0.3) is 5.91 Å². The van der Waals surface area contributed by atoms with Gasteiger partial charge >= 0.3 is 0 Å². The van der Waals surface area contributed by atoms with Crippen LogP contribution in [-0.2, 0) is 0 Å². The fourth-order valence-electron chi connectivity index (χ4n) is 1.93. The summed E-state index contributed by atoms with van der Waals surface area (Å²) in [5.74, 6) is -0.530. The molecule has 3 heteroatoms. The first-order valence-electron chi connectivity index (χ1n) is 6.12. The summed E-state index contributed by atoms with van der Waals surface area (Å²) in [4.78, 5) is 12.1. The Hall–Kier alpha value is -2.16. The maximum absolute atomic E-state index is 13.2. The van der Waals surface area contributed by atoms with Crippen molar-refractivity contribution >= 4 is 11.6 Å². The van der Waals surface area contributed by atoms with Gasteiger partial charge in [-0.15, -0.1) is 0 Å². The largest absolute Gasteiger partial charge is 0.322 e. The van der Waals surface area contributed by atoms with E-state index in [2.05, 4.69) is 5.32 Å². The maximum Gasteiger partial charge on any atom is 0.255 e. The first kappa shape index (κ1) is 13.3. The minimum Gasteiger partial charge on any atom is -0.322 e. The monoisotopic (exact) mass is 257 g/mol. The van der Waals surface area contributed by atoms with Gasteiger partial charge in [0.15, 0.2) is 0 Å². The number of hydrogen-bond donors (Lipinski definition) is 1. The minimum atomic E-state index is -0.303. The van der Waals surface area contributed by atoms with Crippen molar-refractivity contribution in [1.82, 2.24) is 0 Å². The van der Waals surface area contributed by atoms with Gasteiger partial charge in [0.1, 0.15) is 5.82 Å². The molecule has 1 N–H and O–H groups in total. The van der Waals surface area contributed by atoms with E-state index in [0.717, 1.165) is 16.8 Å². The second-order valence-electron chi connectivity index (χ2n) is 4.74. The molecule has 0 aliphatic rings. The van der Waals surface area contributed by atoms with E-state index in [0.29, 0.717) is 11.1 Å². The van der Waals surface area contributed by atoms with Gasteiger partial charge in [0.2, 0.25) is 0 Å². The van der Waals surface area contributed by atoms with E-state index in [-0.39, 0.29) is 11.7 Å². The topological polar surface area (TPSA) is 29.1 Å². The van der Waals surface area contributed by atoms with Crippen molar-refractivity contribution in [3.8, 4) is 0 Å². The number of nitrogens with one attached hydrogen (secondary N) is 1. The SMILES string of the molecule is Cc1ccc(NC(=O)c2ccc(F)c(C)c2)c(C)c1. The van der Waals surface area contributed by atoms with Crippen molar-refractivity contribution in [2.24, 2.45) is 0 Å². The highest BCUT2D eigenvalue weighted by molar-refractivity contribution is 6.04. The molecule has 19 heavy (non-hydrogen) atoms. The number of carbonyl (C=O) groups excluding carboxylic acids is 1. The summed E-state index contributed by atoms with van der Waals surface area (Å²) in [6.45, 7) is 5.59. The summed E-state index contributed by atoms with van der Waals surface area (Å²) in [6.07, 6.45) is 0. The molecular formula is C16H16FNO. The Labute approximate surface area is 112 Å². The van der Waals surface area contributed by atoms with E-state index in [4.69, 9.17) is 0 Å². The fraction of sp³-hybridized carbons (Fsp3) is 0.188. The van der Waals surface area contributed by atoms with E-state index < -0.39 is 0 Å². The standard InChI is InChI=1S/C16H16FNO/c1-10-4-7-15(12(3)8-10)18-16(19)13-5-6-14(17)11(2)9-13/h4-9H,1-3H3,(H,18,19). The summed E-state index contributed by atoms with van der Waals surface area (Å²) >= 11 is 0. The first-order valence-corrected chi connectivity index (χ1v) is 6.12. The normalized spacial score (nSPS) is 10.3. The molecule has 98 valence electrons. The van der Waals surface area contributed by atoms with Gasteiger partial charge in [-0.25, -0.2) is 4.39 Å². The first-order chi connectivity index (χ1) is 8.97. The van der Waals surface area contributed by atoms with E-state index in [1.54, 1.807) is 13.0 Å². The van der Waals surface area contributed by atoms with E-state index >= 15 is 0 Å². The minimum absolute atomic E-state index is 0.227. The highest BCUT2D eigenvalue weighted by Gasteiger charge is 2.09. The van der Waals surface area contributed by atoms with Crippen molar-refractivity contribution in [2.45, 2.75) is 20.8 Å². The van der Waals surface area contributed by atoms with Gasteiger partial charge < -0.3 is 5.32 Å². The van der Waals surface area contributed by atoms with Crippen LogP contribution >= 0.6 is 0 Å². The molecule has 0 aliphatic heterocycles. The number of amides is 1.